The van der Waals surface area contributed by atoms with Gasteiger partial charge in [-0.05, 0) is 24.6 Å². The van der Waals surface area contributed by atoms with Crippen LogP contribution in [0.2, 0.25) is 5.02 Å². The van der Waals surface area contributed by atoms with Crippen LogP contribution in [0.25, 0.3) is 0 Å². The second-order valence-corrected chi connectivity index (χ2v) is 6.01. The zero-order chi connectivity index (χ0) is 16.9. The zero-order valence-electron chi connectivity index (χ0n) is 13.7. The Hall–Kier alpha value is -2.59. The van der Waals surface area contributed by atoms with Crippen molar-refractivity contribution < 1.29 is 0 Å². The minimum atomic E-state index is 0.660. The fraction of sp³-hybridized carbons (Fsp3) is 0.158. The molecule has 3 aromatic rings. The van der Waals surface area contributed by atoms with Gasteiger partial charge in [0, 0.05) is 19.7 Å². The van der Waals surface area contributed by atoms with Crippen LogP contribution < -0.4 is 10.2 Å². The zero-order valence-corrected chi connectivity index (χ0v) is 14.5. The summed E-state index contributed by atoms with van der Waals surface area (Å²) in [5.74, 6) is 2.30. The lowest BCUT2D eigenvalue weighted by atomic mass is 10.2. The summed E-state index contributed by atoms with van der Waals surface area (Å²) >= 11 is 6.21. The molecule has 0 amide bonds. The van der Waals surface area contributed by atoms with Crippen molar-refractivity contribution in [3.63, 3.8) is 0 Å². The highest BCUT2D eigenvalue weighted by Gasteiger charge is 2.08. The average molecular weight is 339 g/mol. The van der Waals surface area contributed by atoms with Crippen molar-refractivity contribution in [2.45, 2.75) is 13.5 Å². The third-order valence-electron chi connectivity index (χ3n) is 3.61. The largest absolute Gasteiger partial charge is 0.355 e. The average Bonchev–Trinajstić information content (AvgIpc) is 2.57. The standard InChI is InChI=1S/C19H19ClN4/c1-14-21-18(23-17-11-7-6-10-16(17)20)12-19(22-14)24(2)13-15-8-4-3-5-9-15/h3-12H,13H2,1-2H3,(H,21,22,23). The summed E-state index contributed by atoms with van der Waals surface area (Å²) in [7, 11) is 2.02. The highest BCUT2D eigenvalue weighted by molar-refractivity contribution is 6.33. The van der Waals surface area contributed by atoms with Crippen LogP contribution in [0.1, 0.15) is 11.4 Å². The van der Waals surface area contributed by atoms with Gasteiger partial charge in [-0.2, -0.15) is 0 Å². The van der Waals surface area contributed by atoms with Gasteiger partial charge in [-0.3, -0.25) is 0 Å². The molecule has 4 nitrogen and oxygen atoms in total. The van der Waals surface area contributed by atoms with Crippen molar-refractivity contribution in [1.82, 2.24) is 9.97 Å². The highest BCUT2D eigenvalue weighted by Crippen LogP contribution is 2.25. The van der Waals surface area contributed by atoms with E-state index >= 15 is 0 Å². The van der Waals surface area contributed by atoms with Gasteiger partial charge >= 0.3 is 0 Å². The van der Waals surface area contributed by atoms with E-state index in [2.05, 4.69) is 32.3 Å². The van der Waals surface area contributed by atoms with Gasteiger partial charge < -0.3 is 10.2 Å². The van der Waals surface area contributed by atoms with Gasteiger partial charge in [0.15, 0.2) is 0 Å². The predicted molar refractivity (Wildman–Crippen MR) is 100 cm³/mol. The molecule has 122 valence electrons. The Morgan fingerprint density at radius 3 is 2.46 bits per heavy atom. The lowest BCUT2D eigenvalue weighted by molar-refractivity contribution is 0.880. The van der Waals surface area contributed by atoms with E-state index in [1.165, 1.54) is 5.56 Å². The first-order chi connectivity index (χ1) is 11.6. The minimum absolute atomic E-state index is 0.660. The summed E-state index contributed by atoms with van der Waals surface area (Å²) in [4.78, 5) is 11.1. The Morgan fingerprint density at radius 1 is 1.00 bits per heavy atom. The van der Waals surface area contributed by atoms with Crippen molar-refractivity contribution in [3.05, 3.63) is 77.1 Å². The molecular formula is C19H19ClN4. The van der Waals surface area contributed by atoms with Crippen molar-refractivity contribution in [3.8, 4) is 0 Å². The third-order valence-corrected chi connectivity index (χ3v) is 3.94. The number of aromatic nitrogens is 2. The summed E-state index contributed by atoms with van der Waals surface area (Å²) in [5, 5.41) is 3.92. The van der Waals surface area contributed by atoms with Crippen LogP contribution >= 0.6 is 11.6 Å². The number of anilines is 3. The Balaban J connectivity index is 1.82. The molecule has 3 rings (SSSR count). The molecule has 1 N–H and O–H groups in total. The van der Waals surface area contributed by atoms with Crippen molar-refractivity contribution in [2.75, 3.05) is 17.3 Å². The normalized spacial score (nSPS) is 10.5. The molecule has 0 bridgehead atoms. The first kappa shape index (κ1) is 16.3. The number of nitrogens with zero attached hydrogens (tertiary/aromatic N) is 3. The number of aryl methyl sites for hydroxylation is 1. The third kappa shape index (κ3) is 4.03. The number of hydrogen-bond acceptors (Lipinski definition) is 4. The fourth-order valence-corrected chi connectivity index (χ4v) is 2.63. The molecule has 0 saturated carbocycles. The molecule has 0 aliphatic carbocycles. The molecule has 0 saturated heterocycles. The van der Waals surface area contributed by atoms with E-state index in [1.807, 2.05) is 62.5 Å². The van der Waals surface area contributed by atoms with Gasteiger partial charge in [0.1, 0.15) is 17.5 Å². The highest BCUT2D eigenvalue weighted by atomic mass is 35.5. The van der Waals surface area contributed by atoms with E-state index in [0.29, 0.717) is 10.8 Å². The van der Waals surface area contributed by atoms with Gasteiger partial charge in [0.05, 0.1) is 10.7 Å². The summed E-state index contributed by atoms with van der Waals surface area (Å²) in [6.45, 7) is 2.67. The van der Waals surface area contributed by atoms with Gasteiger partial charge in [-0.1, -0.05) is 54.1 Å². The SMILES string of the molecule is Cc1nc(Nc2ccccc2Cl)cc(N(C)Cc2ccccc2)n1. The predicted octanol–water partition coefficient (Wildman–Crippen LogP) is 4.82. The molecule has 0 unspecified atom stereocenters. The lowest BCUT2D eigenvalue weighted by Crippen LogP contribution is -2.18. The molecule has 0 fully saturated rings. The van der Waals surface area contributed by atoms with E-state index in [-0.39, 0.29) is 0 Å². The summed E-state index contributed by atoms with van der Waals surface area (Å²) in [6, 6.07) is 19.8. The van der Waals surface area contributed by atoms with E-state index in [0.717, 1.165) is 23.9 Å². The van der Waals surface area contributed by atoms with Crippen LogP contribution in [0.4, 0.5) is 17.3 Å². The van der Waals surface area contributed by atoms with E-state index < -0.39 is 0 Å². The summed E-state index contributed by atoms with van der Waals surface area (Å²) in [6.07, 6.45) is 0. The molecule has 0 spiro atoms. The Bertz CT molecular complexity index is 821. The molecular weight excluding hydrogens is 320 g/mol. The number of halogens is 1. The number of para-hydroxylation sites is 1. The van der Waals surface area contributed by atoms with Crippen LogP contribution in [0.5, 0.6) is 0 Å². The molecule has 24 heavy (non-hydrogen) atoms. The monoisotopic (exact) mass is 338 g/mol. The maximum Gasteiger partial charge on any atom is 0.136 e. The maximum atomic E-state index is 6.21. The Morgan fingerprint density at radius 2 is 1.71 bits per heavy atom. The van der Waals surface area contributed by atoms with Gasteiger partial charge in [-0.15, -0.1) is 0 Å². The molecule has 1 aromatic heterocycles. The molecule has 0 aliphatic heterocycles. The Kier molecular flexibility index (Phi) is 4.96. The molecule has 0 radical (unpaired) electrons. The number of benzene rings is 2. The van der Waals surface area contributed by atoms with E-state index in [4.69, 9.17) is 11.6 Å². The molecule has 0 atom stereocenters. The maximum absolute atomic E-state index is 6.21. The smallest absolute Gasteiger partial charge is 0.136 e. The molecule has 1 heterocycles. The topological polar surface area (TPSA) is 41.1 Å². The summed E-state index contributed by atoms with van der Waals surface area (Å²) in [5.41, 5.74) is 2.06. The van der Waals surface area contributed by atoms with Crippen LogP contribution in [0.15, 0.2) is 60.7 Å². The van der Waals surface area contributed by atoms with Crippen molar-refractivity contribution in [1.29, 1.82) is 0 Å². The number of hydrogen-bond donors (Lipinski definition) is 1. The quantitative estimate of drug-likeness (QED) is 0.724. The first-order valence-corrected chi connectivity index (χ1v) is 8.12. The first-order valence-electron chi connectivity index (χ1n) is 7.74. The van der Waals surface area contributed by atoms with Crippen LogP contribution in [0, 0.1) is 6.92 Å². The van der Waals surface area contributed by atoms with Crippen LogP contribution in [-0.4, -0.2) is 17.0 Å². The molecule has 5 heteroatoms. The minimum Gasteiger partial charge on any atom is -0.355 e. The molecule has 2 aromatic carbocycles. The second kappa shape index (κ2) is 7.32. The van der Waals surface area contributed by atoms with Crippen molar-refractivity contribution in [2.24, 2.45) is 0 Å². The van der Waals surface area contributed by atoms with Crippen molar-refractivity contribution >= 4 is 28.9 Å². The van der Waals surface area contributed by atoms with E-state index in [9.17, 15) is 0 Å². The van der Waals surface area contributed by atoms with E-state index in [1.54, 1.807) is 0 Å². The molecule has 0 aliphatic rings. The number of nitrogens with one attached hydrogen (secondary N) is 1. The summed E-state index contributed by atoms with van der Waals surface area (Å²) < 4.78 is 0. The number of rotatable bonds is 5. The Labute approximate surface area is 147 Å². The van der Waals surface area contributed by atoms with Gasteiger partial charge in [0.2, 0.25) is 0 Å². The second-order valence-electron chi connectivity index (χ2n) is 5.61. The lowest BCUT2D eigenvalue weighted by Gasteiger charge is -2.19. The van der Waals surface area contributed by atoms with Gasteiger partial charge in [0.25, 0.3) is 0 Å². The van der Waals surface area contributed by atoms with Gasteiger partial charge in [-0.25, -0.2) is 9.97 Å². The van der Waals surface area contributed by atoms with Crippen LogP contribution in [-0.2, 0) is 6.54 Å². The van der Waals surface area contributed by atoms with Crippen LogP contribution in [0.3, 0.4) is 0 Å². The fourth-order valence-electron chi connectivity index (χ4n) is 2.45.